The van der Waals surface area contributed by atoms with Crippen LogP contribution in [0.4, 0.5) is 14.9 Å². The van der Waals surface area contributed by atoms with Crippen molar-refractivity contribution in [2.45, 2.75) is 26.4 Å². The average molecular weight is 417 g/mol. The maximum atomic E-state index is 15.0. The number of benzene rings is 1. The molecule has 28 heavy (non-hydrogen) atoms. The number of amides is 2. The fourth-order valence-electron chi connectivity index (χ4n) is 3.29. The second-order valence-electron chi connectivity index (χ2n) is 7.10. The Morgan fingerprint density at radius 1 is 1.50 bits per heavy atom. The number of hydrogen-bond acceptors (Lipinski definition) is 6. The van der Waals surface area contributed by atoms with Crippen molar-refractivity contribution in [3.8, 4) is 11.5 Å². The van der Waals surface area contributed by atoms with Gasteiger partial charge in [0, 0.05) is 24.6 Å². The highest BCUT2D eigenvalue weighted by atomic mass is 32.2. The summed E-state index contributed by atoms with van der Waals surface area (Å²) in [6.45, 7) is 3.31. The van der Waals surface area contributed by atoms with Gasteiger partial charge in [-0.25, -0.2) is 18.2 Å². The Morgan fingerprint density at radius 2 is 2.18 bits per heavy atom. The zero-order chi connectivity index (χ0) is 20.8. The number of aromatic hydroxyl groups is 1. The Labute approximate surface area is 160 Å². The highest BCUT2D eigenvalue weighted by molar-refractivity contribution is 7.92. The molecule has 1 fully saturated rings. The first-order valence-electron chi connectivity index (χ1n) is 8.51. The number of nitrogens with one attached hydrogen (secondary N) is 1. The number of ether oxygens (including phenoxy) is 1. The van der Waals surface area contributed by atoms with Crippen LogP contribution in [0, 0.1) is 11.7 Å². The van der Waals surface area contributed by atoms with Gasteiger partial charge in [0.25, 0.3) is 5.91 Å². The van der Waals surface area contributed by atoms with E-state index in [-0.39, 0.29) is 36.7 Å². The van der Waals surface area contributed by atoms with Gasteiger partial charge < -0.3 is 19.8 Å². The van der Waals surface area contributed by atoms with Crippen LogP contribution in [0.2, 0.25) is 0 Å². The Bertz CT molecular complexity index is 935. The van der Waals surface area contributed by atoms with Crippen molar-refractivity contribution in [2.75, 3.05) is 23.9 Å². The lowest BCUT2D eigenvalue weighted by atomic mass is 10.1. The van der Waals surface area contributed by atoms with Gasteiger partial charge in [-0.05, 0) is 5.92 Å². The third kappa shape index (κ3) is 3.63. The van der Waals surface area contributed by atoms with Crippen LogP contribution >= 0.6 is 0 Å². The van der Waals surface area contributed by atoms with Gasteiger partial charge in [0.1, 0.15) is 29.8 Å². The number of phenolic OH excluding ortho intramolecular Hbond substituents is 1. The van der Waals surface area contributed by atoms with Crippen LogP contribution in [-0.2, 0) is 21.4 Å². The lowest BCUT2D eigenvalue weighted by Gasteiger charge is -2.24. The molecule has 2 aliphatic heterocycles. The minimum atomic E-state index is -4.30. The van der Waals surface area contributed by atoms with Crippen molar-refractivity contribution in [1.29, 1.82) is 0 Å². The number of anilines is 1. The molecule has 2 heterocycles. The highest BCUT2D eigenvalue weighted by Crippen LogP contribution is 2.43. The zero-order valence-electron chi connectivity index (χ0n) is 15.2. The highest BCUT2D eigenvalue weighted by Gasteiger charge is 2.40. The monoisotopic (exact) mass is 417 g/mol. The number of carbonyl (C=O) groups excluding carboxylic acids is 1. The third-order valence-corrected chi connectivity index (χ3v) is 5.73. The van der Waals surface area contributed by atoms with E-state index < -0.39 is 52.1 Å². The number of carboxylic acid groups (broad SMARTS) is 1. The molecule has 0 spiro atoms. The molecule has 0 aromatic heterocycles. The van der Waals surface area contributed by atoms with Crippen LogP contribution in [0.15, 0.2) is 6.07 Å². The molecule has 0 saturated carbocycles. The van der Waals surface area contributed by atoms with Gasteiger partial charge in [-0.3, -0.25) is 4.79 Å². The van der Waals surface area contributed by atoms with E-state index in [1.165, 1.54) is 0 Å². The van der Waals surface area contributed by atoms with Crippen LogP contribution in [0.1, 0.15) is 19.4 Å². The quantitative estimate of drug-likeness (QED) is 0.640. The minimum absolute atomic E-state index is 0.00835. The first kappa shape index (κ1) is 20.0. The molecule has 1 aromatic rings. The maximum absolute atomic E-state index is 15.0. The predicted molar refractivity (Wildman–Crippen MR) is 95.0 cm³/mol. The van der Waals surface area contributed by atoms with Gasteiger partial charge >= 0.3 is 16.3 Å². The van der Waals surface area contributed by atoms with Crippen LogP contribution in [-0.4, -0.2) is 61.3 Å². The lowest BCUT2D eigenvalue weighted by molar-refractivity contribution is -0.117. The molecular formula is C16H20FN3O7S. The number of rotatable bonds is 5. The molecule has 3 rings (SSSR count). The Kier molecular flexibility index (Phi) is 5.00. The van der Waals surface area contributed by atoms with Gasteiger partial charge in [0.05, 0.1) is 6.54 Å². The number of carbonyl (C=O) groups is 2. The molecule has 2 amide bonds. The molecule has 1 aromatic carbocycles. The summed E-state index contributed by atoms with van der Waals surface area (Å²) in [5.41, 5.74) is -0.624. The zero-order valence-corrected chi connectivity index (χ0v) is 16.0. The van der Waals surface area contributed by atoms with E-state index in [0.717, 1.165) is 11.0 Å². The third-order valence-electron chi connectivity index (χ3n) is 4.36. The normalized spacial score (nSPS) is 20.1. The van der Waals surface area contributed by atoms with E-state index in [4.69, 9.17) is 4.74 Å². The van der Waals surface area contributed by atoms with Crippen molar-refractivity contribution >= 4 is 27.9 Å². The van der Waals surface area contributed by atoms with Crippen molar-refractivity contribution in [3.63, 3.8) is 0 Å². The molecule has 2 aliphatic rings. The summed E-state index contributed by atoms with van der Waals surface area (Å²) in [5.74, 6) is -2.48. The minimum Gasteiger partial charge on any atom is -0.505 e. The number of fused-ring (bicyclic) bond motifs is 1. The second-order valence-corrected chi connectivity index (χ2v) is 8.69. The van der Waals surface area contributed by atoms with E-state index in [0.29, 0.717) is 4.31 Å². The SMILES string of the molecule is CC(C)CN(C[C@@H]1Cc2c(cc(O)c(N3CC(=O)NS3(=O)=O)c2F)O1)C(=O)O. The summed E-state index contributed by atoms with van der Waals surface area (Å²) < 4.78 is 46.7. The van der Waals surface area contributed by atoms with Gasteiger partial charge in [0.15, 0.2) is 5.82 Å². The Hall–Kier alpha value is -2.76. The van der Waals surface area contributed by atoms with Crippen molar-refractivity contribution in [1.82, 2.24) is 9.62 Å². The number of halogens is 1. The first-order valence-corrected chi connectivity index (χ1v) is 9.95. The topological polar surface area (TPSA) is 136 Å². The van der Waals surface area contributed by atoms with Crippen LogP contribution in [0.25, 0.3) is 0 Å². The van der Waals surface area contributed by atoms with E-state index in [1.54, 1.807) is 4.72 Å². The molecule has 0 bridgehead atoms. The van der Waals surface area contributed by atoms with Crippen LogP contribution in [0.3, 0.4) is 0 Å². The summed E-state index contributed by atoms with van der Waals surface area (Å²) in [6, 6.07) is 1.07. The maximum Gasteiger partial charge on any atom is 0.407 e. The predicted octanol–water partition coefficient (Wildman–Crippen LogP) is 0.652. The summed E-state index contributed by atoms with van der Waals surface area (Å²) >= 11 is 0. The molecule has 1 atom stereocenters. The molecular weight excluding hydrogens is 397 g/mol. The summed E-state index contributed by atoms with van der Waals surface area (Å²) in [5, 5.41) is 19.5. The van der Waals surface area contributed by atoms with Crippen LogP contribution in [0.5, 0.6) is 11.5 Å². The average Bonchev–Trinajstić information content (AvgIpc) is 3.06. The van der Waals surface area contributed by atoms with E-state index in [1.807, 2.05) is 13.8 Å². The van der Waals surface area contributed by atoms with Crippen molar-refractivity contribution < 1.29 is 37.3 Å². The van der Waals surface area contributed by atoms with Gasteiger partial charge in [-0.15, -0.1) is 0 Å². The summed E-state index contributed by atoms with van der Waals surface area (Å²) in [4.78, 5) is 24.0. The Morgan fingerprint density at radius 3 is 2.71 bits per heavy atom. The largest absolute Gasteiger partial charge is 0.505 e. The molecule has 154 valence electrons. The van der Waals surface area contributed by atoms with E-state index >= 15 is 4.39 Å². The Balaban J connectivity index is 1.88. The summed E-state index contributed by atoms with van der Waals surface area (Å²) in [7, 11) is -4.30. The van der Waals surface area contributed by atoms with Crippen LogP contribution < -0.4 is 13.8 Å². The molecule has 3 N–H and O–H groups in total. The molecule has 0 aliphatic carbocycles. The number of nitrogens with zero attached hydrogens (tertiary/aromatic N) is 2. The molecule has 1 saturated heterocycles. The van der Waals surface area contributed by atoms with Gasteiger partial charge in [-0.2, -0.15) is 8.42 Å². The number of hydrogen-bond donors (Lipinski definition) is 3. The first-order chi connectivity index (χ1) is 13.0. The molecule has 0 radical (unpaired) electrons. The fraction of sp³-hybridized carbons (Fsp3) is 0.500. The number of phenols is 1. The lowest BCUT2D eigenvalue weighted by Crippen LogP contribution is -2.40. The fourth-order valence-corrected chi connectivity index (χ4v) is 4.45. The summed E-state index contributed by atoms with van der Waals surface area (Å²) in [6.07, 6.45) is -1.83. The smallest absolute Gasteiger partial charge is 0.407 e. The van der Waals surface area contributed by atoms with Crippen molar-refractivity contribution in [2.24, 2.45) is 5.92 Å². The molecule has 0 unspecified atom stereocenters. The van der Waals surface area contributed by atoms with E-state index in [2.05, 4.69) is 0 Å². The van der Waals surface area contributed by atoms with Gasteiger partial charge in [-0.1, -0.05) is 13.8 Å². The van der Waals surface area contributed by atoms with E-state index in [9.17, 15) is 28.2 Å². The van der Waals surface area contributed by atoms with Crippen molar-refractivity contribution in [3.05, 3.63) is 17.4 Å². The van der Waals surface area contributed by atoms with Gasteiger partial charge in [0.2, 0.25) is 0 Å². The standard InChI is InChI=1S/C16H20FN3O7S/c1-8(2)5-19(16(23)24)6-9-3-10-12(27-9)4-11(21)15(14(10)17)20-7-13(22)18-28(20,25)26/h4,8-9,21H,3,5-7H2,1-2H3,(H,18,22)(H,23,24)/t9-/m0/s1. The molecule has 10 nitrogen and oxygen atoms in total. The molecule has 12 heteroatoms. The second kappa shape index (κ2) is 7.00.